The monoisotopic (exact) mass is 802 g/mol. The zero-order valence-corrected chi connectivity index (χ0v) is 30.8. The summed E-state index contributed by atoms with van der Waals surface area (Å²) in [5.41, 5.74) is 7.59. The first kappa shape index (κ1) is 36.5. The summed E-state index contributed by atoms with van der Waals surface area (Å²) in [7, 11) is 0. The van der Waals surface area contributed by atoms with Gasteiger partial charge in [0.15, 0.2) is 0 Å². The van der Waals surface area contributed by atoms with Crippen LogP contribution >= 0.6 is 31.9 Å². The van der Waals surface area contributed by atoms with E-state index in [2.05, 4.69) is 31.9 Å². The molecule has 2 aromatic heterocycles. The van der Waals surface area contributed by atoms with E-state index in [4.69, 9.17) is 9.47 Å². The van der Waals surface area contributed by atoms with Gasteiger partial charge in [-0.3, -0.25) is 0 Å². The number of ether oxygens (including phenoxy) is 2. The molecule has 2 heterocycles. The zero-order chi connectivity index (χ0) is 35.8. The van der Waals surface area contributed by atoms with Crippen molar-refractivity contribution in [3.8, 4) is 33.9 Å². The number of alkyl halides is 1. The second-order valence-corrected chi connectivity index (χ2v) is 12.3. The van der Waals surface area contributed by atoms with E-state index in [9.17, 15) is 18.4 Å². The largest absolute Gasteiger partial charge is 0.462 e. The van der Waals surface area contributed by atoms with Crippen molar-refractivity contribution in [3.63, 3.8) is 0 Å². The van der Waals surface area contributed by atoms with Crippen molar-refractivity contribution in [2.45, 2.75) is 26.1 Å². The van der Waals surface area contributed by atoms with E-state index < -0.39 is 5.97 Å². The van der Waals surface area contributed by atoms with Gasteiger partial charge in [-0.2, -0.15) is 0 Å². The first-order valence-electron chi connectivity index (χ1n) is 15.9. The Hall–Kier alpha value is -4.80. The molecule has 0 aliphatic carbocycles. The molecule has 10 heteroatoms. The van der Waals surface area contributed by atoms with Gasteiger partial charge in [0, 0.05) is 28.1 Å². The predicted octanol–water partition coefficient (Wildman–Crippen LogP) is 10.9. The van der Waals surface area contributed by atoms with Gasteiger partial charge >= 0.3 is 11.9 Å². The van der Waals surface area contributed by atoms with Gasteiger partial charge in [0.25, 0.3) is 0 Å². The number of carbonyl (C=O) groups excluding carboxylic acids is 2. The molecule has 0 atom stereocenters. The van der Waals surface area contributed by atoms with Gasteiger partial charge < -0.3 is 18.6 Å². The van der Waals surface area contributed by atoms with Crippen LogP contribution in [0.4, 0.5) is 8.78 Å². The number of hydrogen-bond donors (Lipinski definition) is 0. The lowest BCUT2D eigenvalue weighted by atomic mass is 10.1. The third kappa shape index (κ3) is 7.82. The number of aromatic nitrogens is 2. The molecule has 6 nitrogen and oxygen atoms in total. The van der Waals surface area contributed by atoms with Crippen LogP contribution in [0.5, 0.6) is 0 Å². The first-order valence-corrected chi connectivity index (χ1v) is 17.8. The number of esters is 2. The Bertz CT molecular complexity index is 2080. The highest BCUT2D eigenvalue weighted by Gasteiger charge is 2.28. The molecule has 0 fully saturated rings. The molecule has 6 rings (SSSR count). The molecule has 256 valence electrons. The highest BCUT2D eigenvalue weighted by atomic mass is 79.9. The van der Waals surface area contributed by atoms with Crippen LogP contribution in [-0.2, 0) is 14.8 Å². The lowest BCUT2D eigenvalue weighted by Gasteiger charge is -2.13. The Morgan fingerprint density at radius 3 is 1.66 bits per heavy atom. The fraction of sp³-hybridized carbons (Fsp3) is 0.150. The van der Waals surface area contributed by atoms with Gasteiger partial charge in [-0.15, -0.1) is 0 Å². The van der Waals surface area contributed by atoms with Gasteiger partial charge in [0.2, 0.25) is 0 Å². The fourth-order valence-corrected chi connectivity index (χ4v) is 6.95. The molecule has 4 aromatic carbocycles. The number of benzene rings is 4. The summed E-state index contributed by atoms with van der Waals surface area (Å²) < 4.78 is 41.7. The molecule has 0 radical (unpaired) electrons. The zero-order valence-electron chi connectivity index (χ0n) is 27.6. The third-order valence-corrected chi connectivity index (χ3v) is 9.15. The third-order valence-electron chi connectivity index (χ3n) is 7.84. The van der Waals surface area contributed by atoms with Crippen molar-refractivity contribution in [1.29, 1.82) is 0 Å². The van der Waals surface area contributed by atoms with Crippen LogP contribution in [-0.4, -0.2) is 34.3 Å². The highest BCUT2D eigenvalue weighted by molar-refractivity contribution is 9.10. The van der Waals surface area contributed by atoms with Gasteiger partial charge in [0.05, 0.1) is 40.2 Å². The lowest BCUT2D eigenvalue weighted by Crippen LogP contribution is -2.08. The molecule has 0 spiro atoms. The van der Waals surface area contributed by atoms with Crippen molar-refractivity contribution in [2.75, 3.05) is 13.2 Å². The van der Waals surface area contributed by atoms with Crippen LogP contribution in [0, 0.1) is 18.6 Å². The summed E-state index contributed by atoms with van der Waals surface area (Å²) in [4.78, 5) is 24.8. The Balaban J connectivity index is 0.000000195. The molecule has 0 bridgehead atoms. The number of halogens is 4. The minimum Gasteiger partial charge on any atom is -0.462 e. The van der Waals surface area contributed by atoms with Gasteiger partial charge in [-0.25, -0.2) is 18.4 Å². The summed E-state index contributed by atoms with van der Waals surface area (Å²) in [6.07, 6.45) is 0. The maximum absolute atomic E-state index is 13.4. The molecular weight excluding hydrogens is 770 g/mol. The Morgan fingerprint density at radius 1 is 0.680 bits per heavy atom. The predicted molar refractivity (Wildman–Crippen MR) is 199 cm³/mol. The van der Waals surface area contributed by atoms with Crippen LogP contribution in [0.2, 0.25) is 0 Å². The normalized spacial score (nSPS) is 10.7. The Labute approximate surface area is 306 Å². The van der Waals surface area contributed by atoms with Gasteiger partial charge in [-0.1, -0.05) is 52.3 Å². The smallest absolute Gasteiger partial charge is 0.341 e. The lowest BCUT2D eigenvalue weighted by molar-refractivity contribution is 0.0515. The number of carbonyl (C=O) groups is 2. The van der Waals surface area contributed by atoms with E-state index in [-0.39, 0.29) is 24.2 Å². The maximum Gasteiger partial charge on any atom is 0.341 e. The van der Waals surface area contributed by atoms with E-state index in [1.54, 1.807) is 44.2 Å². The summed E-state index contributed by atoms with van der Waals surface area (Å²) in [6.45, 7) is 6.04. The first-order chi connectivity index (χ1) is 24.2. The molecule has 0 amide bonds. The summed E-state index contributed by atoms with van der Waals surface area (Å²) in [5, 5.41) is 0.454. The van der Waals surface area contributed by atoms with E-state index in [0.717, 1.165) is 45.3 Å². The van der Waals surface area contributed by atoms with Crippen LogP contribution in [0.25, 0.3) is 33.9 Å². The average molecular weight is 805 g/mol. The molecule has 0 unspecified atom stereocenters. The van der Waals surface area contributed by atoms with Crippen molar-refractivity contribution < 1.29 is 27.8 Å². The molecule has 6 aromatic rings. The average Bonchev–Trinajstić information content (AvgIpc) is 3.63. The van der Waals surface area contributed by atoms with Crippen molar-refractivity contribution >= 4 is 43.8 Å². The van der Waals surface area contributed by atoms with Crippen LogP contribution in [0.3, 0.4) is 0 Å². The fourth-order valence-electron chi connectivity index (χ4n) is 5.62. The molecule has 0 saturated heterocycles. The number of rotatable bonds is 9. The van der Waals surface area contributed by atoms with E-state index in [1.807, 2.05) is 76.7 Å². The maximum atomic E-state index is 13.4. The van der Waals surface area contributed by atoms with E-state index >= 15 is 0 Å². The van der Waals surface area contributed by atoms with Crippen molar-refractivity contribution in [2.24, 2.45) is 0 Å². The van der Waals surface area contributed by atoms with Gasteiger partial charge in [-0.05, 0) is 127 Å². The Morgan fingerprint density at radius 2 is 1.16 bits per heavy atom. The summed E-state index contributed by atoms with van der Waals surface area (Å²) in [6, 6.07) is 33.7. The van der Waals surface area contributed by atoms with E-state index in [0.29, 0.717) is 27.5 Å². The molecule has 0 aliphatic heterocycles. The van der Waals surface area contributed by atoms with Crippen LogP contribution in [0.15, 0.2) is 120 Å². The number of hydrogen-bond acceptors (Lipinski definition) is 4. The van der Waals surface area contributed by atoms with Crippen molar-refractivity contribution in [3.05, 3.63) is 154 Å². The quantitative estimate of drug-likeness (QED) is 0.108. The Kier molecular flexibility index (Phi) is 12.2. The number of para-hydroxylation sites is 2. The minimum absolute atomic E-state index is 0.287. The summed E-state index contributed by atoms with van der Waals surface area (Å²) >= 11 is 7.08. The molecule has 0 N–H and O–H groups in total. The van der Waals surface area contributed by atoms with Crippen LogP contribution in [0.1, 0.15) is 46.0 Å². The van der Waals surface area contributed by atoms with Gasteiger partial charge in [0.1, 0.15) is 11.6 Å². The topological polar surface area (TPSA) is 62.5 Å². The van der Waals surface area contributed by atoms with Crippen molar-refractivity contribution in [1.82, 2.24) is 9.13 Å². The SMILES string of the molecule is CCOC(=O)c1c(Br)c(-c2ccc(F)cc2)n(-c2ccccc2)c1CBr.CCOC(=O)c1cc(-c2ccc(F)cc2)n(-c2ccccc2)c1C. The van der Waals surface area contributed by atoms with E-state index in [1.165, 1.54) is 24.3 Å². The molecule has 0 aliphatic rings. The number of nitrogens with zero attached hydrogens (tertiary/aromatic N) is 2. The molecule has 0 saturated carbocycles. The standard InChI is InChI=1S/C20H16Br2FNO2.C20H18FNO2/c1-2-26-20(25)17-16(12-21)24(15-6-4-3-5-7-15)19(18(17)22)13-8-10-14(23)11-9-13;1-3-24-20(23)18-13-19(15-9-11-16(21)12-10-15)22(14(18)2)17-7-5-4-6-8-17/h3-11H,2,12H2,1H3;4-13H,3H2,1-2H3. The molecule has 50 heavy (non-hydrogen) atoms. The molecular formula is C40H34Br2F2N2O4. The van der Waals surface area contributed by atoms with Crippen LogP contribution < -0.4 is 0 Å². The highest BCUT2D eigenvalue weighted by Crippen LogP contribution is 2.40. The minimum atomic E-state index is -0.396. The second kappa shape index (κ2) is 16.7. The second-order valence-electron chi connectivity index (χ2n) is 10.9. The summed E-state index contributed by atoms with van der Waals surface area (Å²) in [5.74, 6) is -1.35.